The zero-order chi connectivity index (χ0) is 34.3. The van der Waals surface area contributed by atoms with E-state index in [4.69, 9.17) is 31.2 Å². The van der Waals surface area contributed by atoms with Crippen LogP contribution < -0.4 is 18.9 Å². The van der Waals surface area contributed by atoms with E-state index in [2.05, 4.69) is 41.3 Å². The van der Waals surface area contributed by atoms with Gasteiger partial charge in [-0.2, -0.15) is 0 Å². The molecule has 11 heteroatoms. The fourth-order valence-electron chi connectivity index (χ4n) is 5.95. The van der Waals surface area contributed by atoms with Crippen molar-refractivity contribution in [3.63, 3.8) is 0 Å². The Labute approximate surface area is 295 Å². The molecule has 4 aromatic rings. The normalized spacial score (nSPS) is 15.7. The van der Waals surface area contributed by atoms with E-state index in [9.17, 15) is 14.7 Å². The van der Waals surface area contributed by atoms with Crippen molar-refractivity contribution in [3.05, 3.63) is 88.8 Å². The number of methoxy groups -OCH3 is 2. The molecule has 1 amide bonds. The lowest BCUT2D eigenvalue weighted by Crippen LogP contribution is -2.30. The minimum absolute atomic E-state index is 0.109. The Bertz CT molecular complexity index is 1900. The SMILES string of the molecule is COc1ccc2cc(-c3ccc(OCCN4CCCC4)c(C=C4SC(=S)N(CCCOc5ccc(C(=O)O)cc5OC)C4=O)c3)ccc2c1. The molecule has 0 spiro atoms. The highest BCUT2D eigenvalue weighted by atomic mass is 32.2. The van der Waals surface area contributed by atoms with Crippen molar-refractivity contribution >= 4 is 57.0 Å². The van der Waals surface area contributed by atoms with Crippen molar-refractivity contribution in [2.24, 2.45) is 0 Å². The van der Waals surface area contributed by atoms with Crippen LogP contribution in [0.1, 0.15) is 35.2 Å². The number of amides is 1. The fourth-order valence-corrected chi connectivity index (χ4v) is 7.25. The lowest BCUT2D eigenvalue weighted by atomic mass is 9.99. The second-order valence-corrected chi connectivity index (χ2v) is 13.5. The van der Waals surface area contributed by atoms with Gasteiger partial charge in [0.2, 0.25) is 0 Å². The molecule has 0 saturated carbocycles. The highest BCUT2D eigenvalue weighted by molar-refractivity contribution is 8.26. The van der Waals surface area contributed by atoms with Gasteiger partial charge in [-0.15, -0.1) is 0 Å². The van der Waals surface area contributed by atoms with E-state index in [-0.39, 0.29) is 18.1 Å². The van der Waals surface area contributed by atoms with E-state index >= 15 is 0 Å². The van der Waals surface area contributed by atoms with E-state index in [1.54, 1.807) is 18.1 Å². The molecular formula is C38H38N2O7S2. The van der Waals surface area contributed by atoms with Gasteiger partial charge in [0.1, 0.15) is 22.4 Å². The third-order valence-electron chi connectivity index (χ3n) is 8.61. The van der Waals surface area contributed by atoms with Gasteiger partial charge in [-0.3, -0.25) is 14.6 Å². The van der Waals surface area contributed by atoms with Gasteiger partial charge < -0.3 is 24.1 Å². The Morgan fingerprint density at radius 1 is 0.837 bits per heavy atom. The van der Waals surface area contributed by atoms with Crippen LogP contribution in [0.25, 0.3) is 28.0 Å². The summed E-state index contributed by atoms with van der Waals surface area (Å²) in [6, 6.07) is 22.9. The number of thiocarbonyl (C=S) groups is 1. The molecule has 2 aliphatic rings. The maximum atomic E-state index is 13.6. The van der Waals surface area contributed by atoms with Crippen LogP contribution in [0.5, 0.6) is 23.0 Å². The number of nitrogens with zero attached hydrogens (tertiary/aromatic N) is 2. The molecular weight excluding hydrogens is 661 g/mol. The number of hydrogen-bond acceptors (Lipinski definition) is 9. The Morgan fingerprint density at radius 3 is 2.33 bits per heavy atom. The number of likely N-dealkylation sites (tertiary alicyclic amines) is 1. The number of fused-ring (bicyclic) bond motifs is 1. The molecule has 6 rings (SSSR count). The maximum Gasteiger partial charge on any atom is 0.335 e. The third-order valence-corrected chi connectivity index (χ3v) is 9.99. The minimum Gasteiger partial charge on any atom is -0.497 e. The standard InChI is InChI=1S/C38H38N2O7S2/c1-44-31-11-8-26-20-25(6-7-28(26)22-31)27-9-12-32(47-19-17-39-14-3-4-15-39)30(21-27)24-35-36(41)40(38(48)49-35)16-5-18-46-33-13-10-29(37(42)43)23-34(33)45-2/h6-13,20-24H,3-5,14-19H2,1-2H3,(H,42,43). The largest absolute Gasteiger partial charge is 0.497 e. The van der Waals surface area contributed by atoms with Crippen LogP contribution in [0, 0.1) is 0 Å². The molecule has 254 valence electrons. The van der Waals surface area contributed by atoms with Gasteiger partial charge in [-0.05, 0) is 109 Å². The van der Waals surface area contributed by atoms with Crippen LogP contribution in [-0.2, 0) is 4.79 Å². The van der Waals surface area contributed by atoms with Crippen LogP contribution in [0.4, 0.5) is 0 Å². The van der Waals surface area contributed by atoms with Crippen LogP contribution >= 0.6 is 24.0 Å². The quantitative estimate of drug-likeness (QED) is 0.0817. The molecule has 0 unspecified atom stereocenters. The summed E-state index contributed by atoms with van der Waals surface area (Å²) in [6.07, 6.45) is 4.84. The van der Waals surface area contributed by atoms with Gasteiger partial charge >= 0.3 is 5.97 Å². The highest BCUT2D eigenvalue weighted by Crippen LogP contribution is 2.37. The zero-order valence-electron chi connectivity index (χ0n) is 27.5. The van der Waals surface area contributed by atoms with Crippen LogP contribution in [0.15, 0.2) is 77.7 Å². The van der Waals surface area contributed by atoms with Gasteiger partial charge in [0.25, 0.3) is 5.91 Å². The maximum absolute atomic E-state index is 13.6. The molecule has 9 nitrogen and oxygen atoms in total. The first-order valence-corrected chi connectivity index (χ1v) is 17.4. The van der Waals surface area contributed by atoms with Crippen LogP contribution in [0.3, 0.4) is 0 Å². The molecule has 2 heterocycles. The van der Waals surface area contributed by atoms with E-state index in [1.807, 2.05) is 24.3 Å². The summed E-state index contributed by atoms with van der Waals surface area (Å²) in [5, 5.41) is 11.4. The van der Waals surface area contributed by atoms with Crippen molar-refractivity contribution in [2.75, 3.05) is 53.6 Å². The molecule has 0 atom stereocenters. The van der Waals surface area contributed by atoms with E-state index < -0.39 is 5.97 Å². The zero-order valence-corrected chi connectivity index (χ0v) is 29.1. The van der Waals surface area contributed by atoms with Gasteiger partial charge in [0.05, 0.1) is 31.3 Å². The highest BCUT2D eigenvalue weighted by Gasteiger charge is 2.32. The molecule has 0 bridgehead atoms. The predicted octanol–water partition coefficient (Wildman–Crippen LogP) is 7.37. The molecule has 0 aromatic heterocycles. The average Bonchev–Trinajstić information content (AvgIpc) is 3.73. The number of rotatable bonds is 14. The van der Waals surface area contributed by atoms with E-state index in [0.717, 1.165) is 58.6 Å². The van der Waals surface area contributed by atoms with Gasteiger partial charge in [-0.25, -0.2) is 4.79 Å². The Hall–Kier alpha value is -4.58. The Balaban J connectivity index is 1.18. The summed E-state index contributed by atoms with van der Waals surface area (Å²) in [4.78, 5) is 29.4. The lowest BCUT2D eigenvalue weighted by molar-refractivity contribution is -0.122. The number of ether oxygens (including phenoxy) is 4. The first-order valence-electron chi connectivity index (χ1n) is 16.2. The first kappa shape index (κ1) is 34.3. The summed E-state index contributed by atoms with van der Waals surface area (Å²) in [5.74, 6) is 1.09. The molecule has 1 N–H and O–H groups in total. The number of carbonyl (C=O) groups is 2. The van der Waals surface area contributed by atoms with Gasteiger partial charge in [0, 0.05) is 18.7 Å². The summed E-state index contributed by atoms with van der Waals surface area (Å²) in [6.45, 7) is 4.27. The van der Waals surface area contributed by atoms with Crippen molar-refractivity contribution < 1.29 is 33.6 Å². The molecule has 2 aliphatic heterocycles. The third kappa shape index (κ3) is 8.18. The number of thioether (sulfide) groups is 1. The van der Waals surface area contributed by atoms with Gasteiger partial charge in [0.15, 0.2) is 11.5 Å². The number of carboxylic acids is 1. The second-order valence-electron chi connectivity index (χ2n) is 11.8. The number of carbonyl (C=O) groups excluding carboxylic acids is 1. The molecule has 0 radical (unpaired) electrons. The van der Waals surface area contributed by atoms with Crippen molar-refractivity contribution in [1.82, 2.24) is 9.80 Å². The monoisotopic (exact) mass is 698 g/mol. The van der Waals surface area contributed by atoms with Gasteiger partial charge in [-0.1, -0.05) is 48.2 Å². The molecule has 49 heavy (non-hydrogen) atoms. The summed E-state index contributed by atoms with van der Waals surface area (Å²) >= 11 is 6.90. The van der Waals surface area contributed by atoms with E-state index in [0.29, 0.717) is 40.3 Å². The smallest absolute Gasteiger partial charge is 0.335 e. The molecule has 2 saturated heterocycles. The lowest BCUT2D eigenvalue weighted by Gasteiger charge is -2.17. The fraction of sp³-hybridized carbons (Fsp3) is 0.289. The average molecular weight is 699 g/mol. The summed E-state index contributed by atoms with van der Waals surface area (Å²) in [5.41, 5.74) is 2.99. The summed E-state index contributed by atoms with van der Waals surface area (Å²) in [7, 11) is 3.12. The predicted molar refractivity (Wildman–Crippen MR) is 197 cm³/mol. The van der Waals surface area contributed by atoms with Crippen molar-refractivity contribution in [2.45, 2.75) is 19.3 Å². The second kappa shape index (κ2) is 15.8. The van der Waals surface area contributed by atoms with Crippen molar-refractivity contribution in [1.29, 1.82) is 0 Å². The topological polar surface area (TPSA) is 97.8 Å². The Morgan fingerprint density at radius 2 is 1.55 bits per heavy atom. The number of carboxylic acid groups (broad SMARTS) is 1. The Kier molecular flexibility index (Phi) is 11.0. The first-order chi connectivity index (χ1) is 23.8. The van der Waals surface area contributed by atoms with E-state index in [1.165, 1.54) is 43.8 Å². The van der Waals surface area contributed by atoms with Crippen LogP contribution in [0.2, 0.25) is 0 Å². The number of aromatic carboxylic acids is 1. The number of hydrogen-bond donors (Lipinski definition) is 1. The summed E-state index contributed by atoms with van der Waals surface area (Å²) < 4.78 is 23.3. The molecule has 0 aliphatic carbocycles. The number of benzene rings is 4. The van der Waals surface area contributed by atoms with Crippen molar-refractivity contribution in [3.8, 4) is 34.1 Å². The van der Waals surface area contributed by atoms with Crippen LogP contribution in [-0.4, -0.2) is 84.7 Å². The molecule has 2 fully saturated rings. The minimum atomic E-state index is -1.05. The molecule has 4 aromatic carbocycles.